The van der Waals surface area contributed by atoms with Crippen molar-refractivity contribution in [1.82, 2.24) is 9.80 Å². The molecule has 166 valence electrons. The van der Waals surface area contributed by atoms with Crippen LogP contribution in [0.25, 0.3) is 0 Å². The van der Waals surface area contributed by atoms with E-state index in [-0.39, 0.29) is 18.2 Å². The Hall–Kier alpha value is -2.59. The number of hydrogen-bond acceptors (Lipinski definition) is 4. The van der Waals surface area contributed by atoms with Gasteiger partial charge in [-0.3, -0.25) is 9.69 Å². The quantitative estimate of drug-likeness (QED) is 0.667. The summed E-state index contributed by atoms with van der Waals surface area (Å²) in [4.78, 5) is 26.9. The predicted octanol–water partition coefficient (Wildman–Crippen LogP) is 4.20. The van der Waals surface area contributed by atoms with Gasteiger partial charge in [0.05, 0.1) is 12.6 Å². The molecule has 1 aromatic rings. The molecule has 1 aromatic carbocycles. The van der Waals surface area contributed by atoms with Crippen molar-refractivity contribution in [3.8, 4) is 11.5 Å². The van der Waals surface area contributed by atoms with E-state index in [1.54, 1.807) is 0 Å². The van der Waals surface area contributed by atoms with Gasteiger partial charge in [0.2, 0.25) is 5.91 Å². The van der Waals surface area contributed by atoms with E-state index in [4.69, 9.17) is 4.74 Å². The van der Waals surface area contributed by atoms with E-state index in [9.17, 15) is 31.5 Å². The van der Waals surface area contributed by atoms with E-state index in [1.807, 2.05) is 0 Å². The molecule has 0 N–H and O–H groups in total. The number of halogens is 5. The van der Waals surface area contributed by atoms with Crippen LogP contribution in [-0.2, 0) is 4.79 Å². The Morgan fingerprint density at radius 3 is 2.40 bits per heavy atom. The van der Waals surface area contributed by atoms with Crippen molar-refractivity contribution in [2.45, 2.75) is 50.4 Å². The van der Waals surface area contributed by atoms with Crippen LogP contribution < -0.4 is 9.47 Å². The molecule has 30 heavy (non-hydrogen) atoms. The van der Waals surface area contributed by atoms with E-state index in [2.05, 4.69) is 4.74 Å². The largest absolute Gasteiger partial charge is 0.573 e. The predicted molar refractivity (Wildman–Crippen MR) is 94.3 cm³/mol. The molecule has 2 heterocycles. The van der Waals surface area contributed by atoms with Crippen molar-refractivity contribution in [2.24, 2.45) is 0 Å². The molecule has 0 saturated carbocycles. The van der Waals surface area contributed by atoms with Gasteiger partial charge in [0.15, 0.2) is 0 Å². The summed E-state index contributed by atoms with van der Waals surface area (Å²) in [6.07, 6.45) is -3.91. The Bertz CT molecular complexity index is 769. The average Bonchev–Trinajstić information content (AvgIpc) is 2.85. The Morgan fingerprint density at radius 1 is 1.07 bits per heavy atom. The molecule has 0 bridgehead atoms. The maximum absolute atomic E-state index is 14.3. The van der Waals surface area contributed by atoms with E-state index in [0.29, 0.717) is 25.8 Å². The number of rotatable bonds is 3. The average molecular weight is 436 g/mol. The molecule has 2 fully saturated rings. The van der Waals surface area contributed by atoms with Crippen LogP contribution in [0.4, 0.5) is 26.7 Å². The third kappa shape index (κ3) is 5.96. The third-order valence-corrected chi connectivity index (χ3v) is 4.96. The SMILES string of the molecule is O=C(Oc1ccc(OC(F)(F)F)cc1)N1C[C@H](N2CCCCCC2=O)CC(F)(F)C1. The van der Waals surface area contributed by atoms with Crippen molar-refractivity contribution in [2.75, 3.05) is 19.6 Å². The van der Waals surface area contributed by atoms with Crippen molar-refractivity contribution in [3.05, 3.63) is 24.3 Å². The van der Waals surface area contributed by atoms with Gasteiger partial charge >= 0.3 is 12.5 Å². The highest BCUT2D eigenvalue weighted by atomic mass is 19.4. The van der Waals surface area contributed by atoms with E-state index >= 15 is 0 Å². The number of amides is 2. The van der Waals surface area contributed by atoms with Gasteiger partial charge in [-0.2, -0.15) is 0 Å². The first-order valence-corrected chi connectivity index (χ1v) is 9.52. The van der Waals surface area contributed by atoms with Crippen LogP contribution in [0.15, 0.2) is 24.3 Å². The highest BCUT2D eigenvalue weighted by molar-refractivity contribution is 5.77. The number of alkyl halides is 5. The highest BCUT2D eigenvalue weighted by Crippen LogP contribution is 2.32. The molecule has 11 heteroatoms. The summed E-state index contributed by atoms with van der Waals surface area (Å²) in [5.41, 5.74) is 0. The molecule has 0 radical (unpaired) electrons. The number of benzene rings is 1. The number of likely N-dealkylation sites (tertiary alicyclic amines) is 2. The normalized spacial score (nSPS) is 22.4. The molecule has 0 aliphatic carbocycles. The van der Waals surface area contributed by atoms with Gasteiger partial charge in [0.25, 0.3) is 5.92 Å². The Morgan fingerprint density at radius 2 is 1.73 bits per heavy atom. The van der Waals surface area contributed by atoms with Crippen LogP contribution in [-0.4, -0.2) is 59.8 Å². The summed E-state index contributed by atoms with van der Waals surface area (Å²) >= 11 is 0. The minimum absolute atomic E-state index is 0.102. The number of ether oxygens (including phenoxy) is 2. The van der Waals surface area contributed by atoms with Crippen LogP contribution in [0.1, 0.15) is 32.1 Å². The number of nitrogens with zero attached hydrogens (tertiary/aromatic N) is 2. The van der Waals surface area contributed by atoms with Gasteiger partial charge in [-0.1, -0.05) is 6.42 Å². The van der Waals surface area contributed by atoms with Gasteiger partial charge in [-0.05, 0) is 37.1 Å². The summed E-state index contributed by atoms with van der Waals surface area (Å²) in [6, 6.07) is 3.20. The summed E-state index contributed by atoms with van der Waals surface area (Å²) in [6.45, 7) is -0.599. The monoisotopic (exact) mass is 436 g/mol. The smallest absolute Gasteiger partial charge is 0.410 e. The lowest BCUT2D eigenvalue weighted by Crippen LogP contribution is -2.58. The van der Waals surface area contributed by atoms with Crippen LogP contribution in [0.3, 0.4) is 0 Å². The first-order chi connectivity index (χ1) is 14.0. The van der Waals surface area contributed by atoms with Crippen molar-refractivity contribution >= 4 is 12.0 Å². The first kappa shape index (κ1) is 22.1. The lowest BCUT2D eigenvalue weighted by molar-refractivity contribution is -0.274. The Balaban J connectivity index is 1.66. The van der Waals surface area contributed by atoms with Crippen LogP contribution in [0.5, 0.6) is 11.5 Å². The topological polar surface area (TPSA) is 59.1 Å². The maximum atomic E-state index is 14.3. The number of hydrogen-bond donors (Lipinski definition) is 0. The molecule has 2 saturated heterocycles. The summed E-state index contributed by atoms with van der Waals surface area (Å²) in [7, 11) is 0. The lowest BCUT2D eigenvalue weighted by atomic mass is 10.0. The van der Waals surface area contributed by atoms with Crippen LogP contribution >= 0.6 is 0 Å². The second-order valence-electron chi connectivity index (χ2n) is 7.38. The fraction of sp³-hybridized carbons (Fsp3) is 0.579. The van der Waals surface area contributed by atoms with Crippen molar-refractivity contribution < 1.29 is 41.0 Å². The fourth-order valence-electron chi connectivity index (χ4n) is 3.68. The van der Waals surface area contributed by atoms with Gasteiger partial charge < -0.3 is 14.4 Å². The minimum atomic E-state index is -4.86. The fourth-order valence-corrected chi connectivity index (χ4v) is 3.68. The van der Waals surface area contributed by atoms with Gasteiger partial charge in [-0.15, -0.1) is 13.2 Å². The zero-order valence-electron chi connectivity index (χ0n) is 16.0. The molecule has 0 aromatic heterocycles. The number of carbonyl (C=O) groups is 2. The summed E-state index contributed by atoms with van der Waals surface area (Å²) in [5.74, 6) is -4.03. The van der Waals surface area contributed by atoms with Crippen molar-refractivity contribution in [1.29, 1.82) is 0 Å². The molecular formula is C19H21F5N2O4. The molecule has 6 nitrogen and oxygen atoms in total. The van der Waals surface area contributed by atoms with Crippen LogP contribution in [0.2, 0.25) is 0 Å². The minimum Gasteiger partial charge on any atom is -0.410 e. The first-order valence-electron chi connectivity index (χ1n) is 9.52. The number of carbonyl (C=O) groups excluding carboxylic acids is 2. The molecular weight excluding hydrogens is 415 g/mol. The van der Waals surface area contributed by atoms with E-state index < -0.39 is 43.1 Å². The Labute approximate surface area is 169 Å². The molecule has 3 rings (SSSR count). The lowest BCUT2D eigenvalue weighted by Gasteiger charge is -2.41. The molecule has 2 aliphatic rings. The van der Waals surface area contributed by atoms with Gasteiger partial charge in [-0.25, -0.2) is 13.6 Å². The third-order valence-electron chi connectivity index (χ3n) is 4.96. The van der Waals surface area contributed by atoms with E-state index in [1.165, 1.54) is 4.90 Å². The summed E-state index contributed by atoms with van der Waals surface area (Å²) < 4.78 is 73.9. The van der Waals surface area contributed by atoms with Gasteiger partial charge in [0, 0.05) is 25.9 Å². The molecule has 1 atom stereocenters. The molecule has 2 aliphatic heterocycles. The summed E-state index contributed by atoms with van der Waals surface area (Å²) in [5, 5.41) is 0. The second-order valence-corrected chi connectivity index (χ2v) is 7.38. The van der Waals surface area contributed by atoms with E-state index in [0.717, 1.165) is 35.6 Å². The van der Waals surface area contributed by atoms with Gasteiger partial charge in [0.1, 0.15) is 11.5 Å². The van der Waals surface area contributed by atoms with Crippen LogP contribution in [0, 0.1) is 0 Å². The molecule has 0 spiro atoms. The standard InChI is InChI=1S/C19H21F5N2O4/c20-18(21)10-13(26-9-3-1-2-4-16(26)27)11-25(12-18)17(28)29-14-5-7-15(8-6-14)30-19(22,23)24/h5-8,13H,1-4,9-12H2/t13-/m1/s1. The zero-order valence-corrected chi connectivity index (χ0v) is 16.0. The maximum Gasteiger partial charge on any atom is 0.573 e. The van der Waals surface area contributed by atoms with Crippen molar-refractivity contribution in [3.63, 3.8) is 0 Å². The highest BCUT2D eigenvalue weighted by Gasteiger charge is 2.45. The zero-order chi connectivity index (χ0) is 21.9. The second kappa shape index (κ2) is 8.65. The molecule has 0 unspecified atom stereocenters. The molecule has 2 amide bonds. The number of piperidine rings is 1. The Kier molecular flexibility index (Phi) is 6.37.